The van der Waals surface area contributed by atoms with E-state index in [4.69, 9.17) is 9.47 Å². The van der Waals surface area contributed by atoms with E-state index in [-0.39, 0.29) is 18.6 Å². The predicted octanol–water partition coefficient (Wildman–Crippen LogP) is 1.61. The van der Waals surface area contributed by atoms with Gasteiger partial charge in [0.25, 0.3) is 0 Å². The fourth-order valence-electron chi connectivity index (χ4n) is 2.22. The highest BCUT2D eigenvalue weighted by atomic mass is 16.7. The van der Waals surface area contributed by atoms with Crippen LogP contribution in [0.25, 0.3) is 0 Å². The second-order valence-corrected chi connectivity index (χ2v) is 3.89. The van der Waals surface area contributed by atoms with E-state index in [9.17, 15) is 5.11 Å². The first-order valence-electron chi connectivity index (χ1n) is 5.04. The van der Waals surface area contributed by atoms with Crippen LogP contribution in [0.4, 0.5) is 0 Å². The Morgan fingerprint density at radius 2 is 2.07 bits per heavy atom. The third kappa shape index (κ3) is 1.14. The molecule has 0 amide bonds. The van der Waals surface area contributed by atoms with E-state index in [1.165, 1.54) is 0 Å². The summed E-state index contributed by atoms with van der Waals surface area (Å²) >= 11 is 0. The largest absolute Gasteiger partial charge is 0.467 e. The molecule has 15 heavy (non-hydrogen) atoms. The minimum atomic E-state index is -0.805. The van der Waals surface area contributed by atoms with Gasteiger partial charge in [-0.2, -0.15) is 0 Å². The van der Waals surface area contributed by atoms with Crippen molar-refractivity contribution in [1.29, 1.82) is 0 Å². The van der Waals surface area contributed by atoms with Crippen LogP contribution in [0.1, 0.15) is 11.7 Å². The molecule has 0 saturated carbocycles. The molecule has 3 atom stereocenters. The van der Waals surface area contributed by atoms with Gasteiger partial charge in [-0.1, -0.05) is 30.3 Å². The molecule has 2 aliphatic rings. The lowest BCUT2D eigenvalue weighted by Crippen LogP contribution is -2.55. The molecular formula is C12H12O3. The van der Waals surface area contributed by atoms with E-state index >= 15 is 0 Å². The number of fused-ring (bicyclic) bond motifs is 1. The van der Waals surface area contributed by atoms with Crippen molar-refractivity contribution in [2.24, 2.45) is 5.92 Å². The average Bonchev–Trinajstić information content (AvgIpc) is 2.59. The summed E-state index contributed by atoms with van der Waals surface area (Å²) in [4.78, 5) is 0. The lowest BCUT2D eigenvalue weighted by Gasteiger charge is -2.48. The van der Waals surface area contributed by atoms with Gasteiger partial charge in [-0.05, 0) is 11.6 Å². The van der Waals surface area contributed by atoms with Crippen LogP contribution in [0.3, 0.4) is 0 Å². The van der Waals surface area contributed by atoms with Crippen molar-refractivity contribution in [2.75, 3.05) is 6.61 Å². The Kier molecular flexibility index (Phi) is 1.84. The van der Waals surface area contributed by atoms with Crippen molar-refractivity contribution in [3.05, 3.63) is 48.2 Å². The summed E-state index contributed by atoms with van der Waals surface area (Å²) in [6.45, 7) is -0.103. The maximum Gasteiger partial charge on any atom is 0.242 e. The van der Waals surface area contributed by atoms with Crippen LogP contribution in [0.5, 0.6) is 0 Å². The van der Waals surface area contributed by atoms with Crippen molar-refractivity contribution in [2.45, 2.75) is 11.9 Å². The highest BCUT2D eigenvalue weighted by molar-refractivity contribution is 5.25. The van der Waals surface area contributed by atoms with E-state index in [0.29, 0.717) is 0 Å². The monoisotopic (exact) mass is 204 g/mol. The summed E-state index contributed by atoms with van der Waals surface area (Å²) in [5.41, 5.74) is 1.13. The fraction of sp³-hybridized carbons (Fsp3) is 0.333. The molecule has 1 aromatic rings. The molecule has 0 bridgehead atoms. The van der Waals surface area contributed by atoms with Crippen molar-refractivity contribution >= 4 is 0 Å². The Bertz CT molecular complexity index is 387. The molecule has 1 fully saturated rings. The topological polar surface area (TPSA) is 38.7 Å². The molecule has 2 heterocycles. The third-order valence-corrected chi connectivity index (χ3v) is 3.06. The second kappa shape index (κ2) is 3.08. The first kappa shape index (κ1) is 8.95. The zero-order valence-corrected chi connectivity index (χ0v) is 8.17. The van der Waals surface area contributed by atoms with Gasteiger partial charge in [0, 0.05) is 0 Å². The minimum Gasteiger partial charge on any atom is -0.467 e. The maximum atomic E-state index is 9.22. The summed E-state index contributed by atoms with van der Waals surface area (Å²) in [5, 5.41) is 9.22. The number of aliphatic hydroxyl groups excluding tert-OH is 1. The fourth-order valence-corrected chi connectivity index (χ4v) is 2.22. The molecule has 3 unspecified atom stereocenters. The van der Waals surface area contributed by atoms with Crippen molar-refractivity contribution < 1.29 is 14.6 Å². The smallest absolute Gasteiger partial charge is 0.242 e. The average molecular weight is 204 g/mol. The predicted molar refractivity (Wildman–Crippen MR) is 53.8 cm³/mol. The van der Waals surface area contributed by atoms with Crippen LogP contribution in [0.15, 0.2) is 42.7 Å². The lowest BCUT2D eigenvalue weighted by molar-refractivity contribution is -0.356. The standard InChI is InChI=1S/C12H12O3/c13-8-12-10(6-7-14-12)11(15-12)9-4-2-1-3-5-9/h1-7,10-11,13H,8H2. The molecule has 1 saturated heterocycles. The van der Waals surface area contributed by atoms with Gasteiger partial charge in [0.1, 0.15) is 6.61 Å². The molecular weight excluding hydrogens is 192 g/mol. The Morgan fingerprint density at radius 3 is 2.80 bits per heavy atom. The number of ether oxygens (including phenoxy) is 2. The van der Waals surface area contributed by atoms with Crippen LogP contribution in [0, 0.1) is 5.92 Å². The van der Waals surface area contributed by atoms with Crippen LogP contribution in [-0.4, -0.2) is 17.5 Å². The van der Waals surface area contributed by atoms with Crippen LogP contribution in [0.2, 0.25) is 0 Å². The van der Waals surface area contributed by atoms with Crippen molar-refractivity contribution in [3.8, 4) is 0 Å². The zero-order chi connectivity index (χ0) is 10.3. The van der Waals surface area contributed by atoms with E-state index in [1.807, 2.05) is 36.4 Å². The molecule has 2 aliphatic heterocycles. The van der Waals surface area contributed by atoms with Crippen molar-refractivity contribution in [1.82, 2.24) is 0 Å². The number of benzene rings is 1. The zero-order valence-electron chi connectivity index (χ0n) is 8.17. The molecule has 0 spiro atoms. The Labute approximate surface area is 87.9 Å². The lowest BCUT2D eigenvalue weighted by atomic mass is 9.83. The van der Waals surface area contributed by atoms with E-state index in [1.54, 1.807) is 6.26 Å². The number of hydrogen-bond donors (Lipinski definition) is 1. The molecule has 1 aromatic carbocycles. The highest BCUT2D eigenvalue weighted by Crippen LogP contribution is 2.52. The molecule has 0 aliphatic carbocycles. The Hall–Kier alpha value is -1.32. The second-order valence-electron chi connectivity index (χ2n) is 3.89. The van der Waals surface area contributed by atoms with Gasteiger partial charge in [-0.15, -0.1) is 0 Å². The summed E-state index contributed by atoms with van der Waals surface area (Å²) in [6, 6.07) is 9.99. The number of aliphatic hydroxyl groups is 1. The summed E-state index contributed by atoms with van der Waals surface area (Å²) in [7, 11) is 0. The van der Waals surface area contributed by atoms with Crippen LogP contribution >= 0.6 is 0 Å². The molecule has 0 aromatic heterocycles. The molecule has 1 N–H and O–H groups in total. The van der Waals surface area contributed by atoms with Gasteiger partial charge in [-0.3, -0.25) is 0 Å². The minimum absolute atomic E-state index is 0.0112. The summed E-state index contributed by atoms with van der Waals surface area (Å²) in [6.07, 6.45) is 3.58. The quantitative estimate of drug-likeness (QED) is 0.795. The van der Waals surface area contributed by atoms with E-state index < -0.39 is 5.79 Å². The summed E-state index contributed by atoms with van der Waals surface area (Å²) in [5.74, 6) is -0.676. The van der Waals surface area contributed by atoms with Gasteiger partial charge < -0.3 is 14.6 Å². The molecule has 78 valence electrons. The van der Waals surface area contributed by atoms with Gasteiger partial charge in [0.2, 0.25) is 5.79 Å². The molecule has 3 nitrogen and oxygen atoms in total. The summed E-state index contributed by atoms with van der Waals surface area (Å²) < 4.78 is 10.9. The van der Waals surface area contributed by atoms with E-state index in [2.05, 4.69) is 0 Å². The maximum absolute atomic E-state index is 9.22. The number of hydrogen-bond acceptors (Lipinski definition) is 3. The molecule has 0 radical (unpaired) electrons. The first-order valence-corrected chi connectivity index (χ1v) is 5.04. The Balaban J connectivity index is 1.86. The first-order chi connectivity index (χ1) is 7.36. The van der Waals surface area contributed by atoms with Gasteiger partial charge in [0.05, 0.1) is 18.3 Å². The van der Waals surface area contributed by atoms with Crippen LogP contribution in [-0.2, 0) is 9.47 Å². The molecule has 3 rings (SSSR count). The van der Waals surface area contributed by atoms with Gasteiger partial charge >= 0.3 is 0 Å². The SMILES string of the molecule is OCC12OC=CC1C(c1ccccc1)O2. The number of rotatable bonds is 2. The van der Waals surface area contributed by atoms with Gasteiger partial charge in [-0.25, -0.2) is 0 Å². The normalized spacial score (nSPS) is 36.9. The third-order valence-electron chi connectivity index (χ3n) is 3.06. The van der Waals surface area contributed by atoms with Crippen molar-refractivity contribution in [3.63, 3.8) is 0 Å². The van der Waals surface area contributed by atoms with Gasteiger partial charge in [0.15, 0.2) is 0 Å². The highest BCUT2D eigenvalue weighted by Gasteiger charge is 2.58. The van der Waals surface area contributed by atoms with E-state index in [0.717, 1.165) is 5.56 Å². The molecule has 3 heteroatoms. The van der Waals surface area contributed by atoms with Crippen LogP contribution < -0.4 is 0 Å². The Morgan fingerprint density at radius 1 is 1.27 bits per heavy atom.